The van der Waals surface area contributed by atoms with Gasteiger partial charge in [-0.25, -0.2) is 0 Å². The molecule has 0 aliphatic heterocycles. The van der Waals surface area contributed by atoms with Crippen LogP contribution in [-0.4, -0.2) is 22.6 Å². The van der Waals surface area contributed by atoms with E-state index in [1.807, 2.05) is 6.92 Å². The van der Waals surface area contributed by atoms with E-state index in [2.05, 4.69) is 15.5 Å². The molecule has 1 unspecified atom stereocenters. The summed E-state index contributed by atoms with van der Waals surface area (Å²) in [5.74, 6) is 0.0787. The molecule has 0 radical (unpaired) electrons. The number of amides is 1. The first kappa shape index (κ1) is 11.1. The topological polar surface area (TPSA) is 83.8 Å². The fourth-order valence-electron chi connectivity index (χ4n) is 2.06. The Balaban J connectivity index is 1.97. The van der Waals surface area contributed by atoms with Gasteiger partial charge in [-0.2, -0.15) is 5.10 Å². The van der Waals surface area contributed by atoms with Crippen molar-refractivity contribution in [2.75, 3.05) is 6.54 Å². The van der Waals surface area contributed by atoms with Crippen molar-refractivity contribution in [3.8, 4) is 0 Å². The fraction of sp³-hybridized carbons (Fsp3) is 0.636. The van der Waals surface area contributed by atoms with Gasteiger partial charge in [0.05, 0.1) is 17.7 Å². The summed E-state index contributed by atoms with van der Waals surface area (Å²) < 4.78 is 0. The van der Waals surface area contributed by atoms with Crippen molar-refractivity contribution in [2.24, 2.45) is 11.1 Å². The smallest absolute Gasteiger partial charge is 0.227 e. The van der Waals surface area contributed by atoms with Crippen molar-refractivity contribution in [1.82, 2.24) is 15.5 Å². The Morgan fingerprint density at radius 2 is 2.50 bits per heavy atom. The normalized spacial score (nSPS) is 19.9. The number of hydrogen-bond donors (Lipinski definition) is 3. The van der Waals surface area contributed by atoms with Crippen LogP contribution < -0.4 is 11.1 Å². The first-order valence-electron chi connectivity index (χ1n) is 5.68. The van der Waals surface area contributed by atoms with Gasteiger partial charge < -0.3 is 11.1 Å². The van der Waals surface area contributed by atoms with Crippen LogP contribution in [0.25, 0.3) is 0 Å². The van der Waals surface area contributed by atoms with Crippen molar-refractivity contribution in [3.05, 3.63) is 18.0 Å². The van der Waals surface area contributed by atoms with E-state index in [1.165, 1.54) is 0 Å². The highest BCUT2D eigenvalue weighted by atomic mass is 16.2. The lowest BCUT2D eigenvalue weighted by molar-refractivity contribution is -0.135. The molecule has 88 valence electrons. The summed E-state index contributed by atoms with van der Waals surface area (Å²) in [7, 11) is 0. The molecule has 5 heteroatoms. The minimum atomic E-state index is -0.308. The average Bonchev–Trinajstić information content (AvgIpc) is 2.69. The van der Waals surface area contributed by atoms with Gasteiger partial charge in [0.2, 0.25) is 5.91 Å². The quantitative estimate of drug-likeness (QED) is 0.701. The number of rotatable bonds is 4. The van der Waals surface area contributed by atoms with Crippen LogP contribution in [0.5, 0.6) is 0 Å². The molecule has 16 heavy (non-hydrogen) atoms. The molecule has 1 aromatic heterocycles. The molecule has 1 saturated carbocycles. The molecule has 1 atom stereocenters. The number of aromatic nitrogens is 2. The molecular weight excluding hydrogens is 204 g/mol. The zero-order valence-corrected chi connectivity index (χ0v) is 9.49. The van der Waals surface area contributed by atoms with E-state index < -0.39 is 0 Å². The van der Waals surface area contributed by atoms with Crippen LogP contribution in [0.15, 0.2) is 12.4 Å². The summed E-state index contributed by atoms with van der Waals surface area (Å²) in [5.41, 5.74) is 6.36. The van der Waals surface area contributed by atoms with Crippen LogP contribution in [-0.2, 0) is 4.79 Å². The Kier molecular flexibility index (Phi) is 2.96. The molecule has 1 amide bonds. The van der Waals surface area contributed by atoms with E-state index in [0.717, 1.165) is 24.8 Å². The predicted octanol–water partition coefficient (Wildman–Crippen LogP) is 0.716. The van der Waals surface area contributed by atoms with Crippen LogP contribution in [0.3, 0.4) is 0 Å². The fourth-order valence-corrected chi connectivity index (χ4v) is 2.06. The van der Waals surface area contributed by atoms with E-state index in [-0.39, 0.29) is 17.4 Å². The average molecular weight is 222 g/mol. The molecule has 1 heterocycles. The molecule has 0 aromatic carbocycles. The van der Waals surface area contributed by atoms with Crippen LogP contribution in [0.4, 0.5) is 0 Å². The monoisotopic (exact) mass is 222 g/mol. The lowest BCUT2D eigenvalue weighted by Gasteiger charge is -2.39. The number of nitrogens with zero attached hydrogens (tertiary/aromatic N) is 1. The van der Waals surface area contributed by atoms with Gasteiger partial charge in [0, 0.05) is 18.3 Å². The number of nitrogens with one attached hydrogen (secondary N) is 2. The standard InChI is InChI=1S/C11H18N4O/c1-8(9-5-13-14-6-9)15-10(16)11(7-12)3-2-4-11/h5-6,8H,2-4,7,12H2,1H3,(H,13,14)(H,15,16). The SMILES string of the molecule is CC(NC(=O)C1(CN)CCC1)c1cn[nH]c1. The Bertz CT molecular complexity index is 351. The van der Waals surface area contributed by atoms with Gasteiger partial charge in [-0.3, -0.25) is 9.89 Å². The number of nitrogens with two attached hydrogens (primary N) is 1. The summed E-state index contributed by atoms with van der Waals surface area (Å²) in [5, 5.41) is 9.60. The van der Waals surface area contributed by atoms with E-state index in [9.17, 15) is 4.79 Å². The molecule has 2 rings (SSSR count). The molecule has 1 aliphatic carbocycles. The third-order valence-corrected chi connectivity index (χ3v) is 3.55. The predicted molar refractivity (Wildman–Crippen MR) is 60.5 cm³/mol. The first-order chi connectivity index (χ1) is 7.68. The van der Waals surface area contributed by atoms with Gasteiger partial charge >= 0.3 is 0 Å². The highest BCUT2D eigenvalue weighted by Gasteiger charge is 2.43. The van der Waals surface area contributed by atoms with E-state index in [1.54, 1.807) is 12.4 Å². The van der Waals surface area contributed by atoms with Crippen LogP contribution >= 0.6 is 0 Å². The Morgan fingerprint density at radius 3 is 2.94 bits per heavy atom. The van der Waals surface area contributed by atoms with Crippen LogP contribution in [0.1, 0.15) is 37.8 Å². The summed E-state index contributed by atoms with van der Waals surface area (Å²) >= 11 is 0. The third kappa shape index (κ3) is 1.82. The van der Waals surface area contributed by atoms with Gasteiger partial charge in [-0.05, 0) is 19.8 Å². The minimum absolute atomic E-state index is 0.0183. The highest BCUT2D eigenvalue weighted by molar-refractivity contribution is 5.84. The van der Waals surface area contributed by atoms with Crippen molar-refractivity contribution in [3.63, 3.8) is 0 Å². The zero-order chi connectivity index (χ0) is 11.6. The second-order valence-electron chi connectivity index (χ2n) is 4.56. The zero-order valence-electron chi connectivity index (χ0n) is 9.49. The molecule has 0 saturated heterocycles. The maximum atomic E-state index is 12.1. The Labute approximate surface area is 94.8 Å². The van der Waals surface area contributed by atoms with Crippen molar-refractivity contribution in [2.45, 2.75) is 32.2 Å². The molecular formula is C11H18N4O. The maximum Gasteiger partial charge on any atom is 0.227 e. The van der Waals surface area contributed by atoms with Gasteiger partial charge in [-0.15, -0.1) is 0 Å². The largest absolute Gasteiger partial charge is 0.349 e. The van der Waals surface area contributed by atoms with E-state index >= 15 is 0 Å². The molecule has 4 N–H and O–H groups in total. The van der Waals surface area contributed by atoms with Gasteiger partial charge in [-0.1, -0.05) is 6.42 Å². The van der Waals surface area contributed by atoms with Crippen LogP contribution in [0.2, 0.25) is 0 Å². The summed E-state index contributed by atoms with van der Waals surface area (Å²) in [4.78, 5) is 12.1. The van der Waals surface area contributed by atoms with Gasteiger partial charge in [0.15, 0.2) is 0 Å². The number of carbonyl (C=O) groups is 1. The molecule has 0 bridgehead atoms. The Hall–Kier alpha value is -1.36. The summed E-state index contributed by atoms with van der Waals surface area (Å²) in [6.07, 6.45) is 6.44. The van der Waals surface area contributed by atoms with Crippen molar-refractivity contribution < 1.29 is 4.79 Å². The molecule has 1 aromatic rings. The van der Waals surface area contributed by atoms with Crippen molar-refractivity contribution in [1.29, 1.82) is 0 Å². The van der Waals surface area contributed by atoms with Gasteiger partial charge in [0.25, 0.3) is 0 Å². The third-order valence-electron chi connectivity index (χ3n) is 3.55. The molecule has 1 aliphatic rings. The molecule has 1 fully saturated rings. The Morgan fingerprint density at radius 1 is 1.75 bits per heavy atom. The number of hydrogen-bond acceptors (Lipinski definition) is 3. The first-order valence-corrected chi connectivity index (χ1v) is 5.68. The molecule has 0 spiro atoms. The minimum Gasteiger partial charge on any atom is -0.349 e. The van der Waals surface area contributed by atoms with Gasteiger partial charge in [0.1, 0.15) is 0 Å². The maximum absolute atomic E-state index is 12.1. The van der Waals surface area contributed by atoms with E-state index in [4.69, 9.17) is 5.73 Å². The lowest BCUT2D eigenvalue weighted by Crippen LogP contribution is -2.50. The van der Waals surface area contributed by atoms with E-state index in [0.29, 0.717) is 6.54 Å². The number of H-pyrrole nitrogens is 1. The number of aromatic amines is 1. The highest BCUT2D eigenvalue weighted by Crippen LogP contribution is 2.40. The molecule has 5 nitrogen and oxygen atoms in total. The number of carbonyl (C=O) groups excluding carboxylic acids is 1. The summed E-state index contributed by atoms with van der Waals surface area (Å²) in [6.45, 7) is 2.39. The lowest BCUT2D eigenvalue weighted by atomic mass is 9.68. The van der Waals surface area contributed by atoms with Crippen molar-refractivity contribution >= 4 is 5.91 Å². The summed E-state index contributed by atoms with van der Waals surface area (Å²) in [6, 6.07) is -0.0183. The van der Waals surface area contributed by atoms with Crippen LogP contribution in [0, 0.1) is 5.41 Å². The second-order valence-corrected chi connectivity index (χ2v) is 4.56. The second kappa shape index (κ2) is 4.25.